The number of carbonyl (C=O) groups is 1. The molecule has 0 atom stereocenters. The summed E-state index contributed by atoms with van der Waals surface area (Å²) < 4.78 is 27.3. The van der Waals surface area contributed by atoms with E-state index in [0.29, 0.717) is 17.9 Å². The molecule has 0 saturated heterocycles. The number of nitrogens with zero attached hydrogens (tertiary/aromatic N) is 1. The summed E-state index contributed by atoms with van der Waals surface area (Å²) in [6, 6.07) is 24.7. The third-order valence-electron chi connectivity index (χ3n) is 4.26. The van der Waals surface area contributed by atoms with Gasteiger partial charge in [0.05, 0.1) is 17.0 Å². The van der Waals surface area contributed by atoms with E-state index < -0.39 is 10.0 Å². The van der Waals surface area contributed by atoms with Crippen LogP contribution in [0, 0.1) is 0 Å². The highest BCUT2D eigenvalue weighted by Gasteiger charge is 2.23. The van der Waals surface area contributed by atoms with Crippen LogP contribution in [0.1, 0.15) is 12.5 Å². The molecule has 0 spiro atoms. The Hall–Kier alpha value is -3.12. The van der Waals surface area contributed by atoms with E-state index in [2.05, 4.69) is 5.32 Å². The van der Waals surface area contributed by atoms with Gasteiger partial charge in [0, 0.05) is 12.2 Å². The second-order valence-corrected chi connectivity index (χ2v) is 8.10. The normalized spacial score (nSPS) is 11.0. The summed E-state index contributed by atoms with van der Waals surface area (Å²) in [5.74, 6) is -0.152. The molecule has 0 aromatic heterocycles. The summed E-state index contributed by atoms with van der Waals surface area (Å²) in [7, 11) is -3.68. The Bertz CT molecular complexity index is 1020. The first kappa shape index (κ1) is 19.6. The minimum atomic E-state index is -3.68. The number of carbonyl (C=O) groups excluding carboxylic acids is 1. The van der Waals surface area contributed by atoms with Gasteiger partial charge in [0.15, 0.2) is 0 Å². The van der Waals surface area contributed by atoms with Crippen LogP contribution in [0.4, 0.5) is 11.4 Å². The van der Waals surface area contributed by atoms with Crippen LogP contribution in [0.25, 0.3) is 0 Å². The first-order valence-electron chi connectivity index (χ1n) is 9.02. The lowest BCUT2D eigenvalue weighted by Gasteiger charge is -2.23. The molecule has 0 fully saturated rings. The van der Waals surface area contributed by atoms with Crippen LogP contribution < -0.4 is 9.62 Å². The van der Waals surface area contributed by atoms with Gasteiger partial charge in [-0.05, 0) is 48.9 Å². The molecule has 3 aromatic carbocycles. The highest BCUT2D eigenvalue weighted by Crippen LogP contribution is 2.24. The van der Waals surface area contributed by atoms with Gasteiger partial charge in [0.1, 0.15) is 0 Å². The molecule has 0 radical (unpaired) electrons. The average Bonchev–Trinajstić information content (AvgIpc) is 2.70. The maximum absolute atomic E-state index is 13.0. The molecule has 0 aliphatic carbocycles. The van der Waals surface area contributed by atoms with Crippen LogP contribution in [0.3, 0.4) is 0 Å². The van der Waals surface area contributed by atoms with Crippen LogP contribution in [-0.2, 0) is 21.2 Å². The maximum atomic E-state index is 13.0. The number of amides is 1. The van der Waals surface area contributed by atoms with Crippen molar-refractivity contribution in [3.63, 3.8) is 0 Å². The molecule has 1 N–H and O–H groups in total. The number of benzene rings is 3. The molecule has 0 aliphatic rings. The highest BCUT2D eigenvalue weighted by molar-refractivity contribution is 7.92. The number of hydrogen-bond acceptors (Lipinski definition) is 3. The molecule has 0 heterocycles. The Morgan fingerprint density at radius 1 is 0.857 bits per heavy atom. The van der Waals surface area contributed by atoms with E-state index in [0.717, 1.165) is 5.56 Å². The zero-order chi connectivity index (χ0) is 20.0. The van der Waals surface area contributed by atoms with Crippen molar-refractivity contribution in [3.05, 3.63) is 90.5 Å². The smallest absolute Gasteiger partial charge is 0.264 e. The van der Waals surface area contributed by atoms with Gasteiger partial charge in [-0.2, -0.15) is 0 Å². The van der Waals surface area contributed by atoms with Gasteiger partial charge in [0.25, 0.3) is 10.0 Å². The zero-order valence-corrected chi connectivity index (χ0v) is 16.4. The Balaban J connectivity index is 1.73. The Morgan fingerprint density at radius 3 is 2.00 bits per heavy atom. The second kappa shape index (κ2) is 8.71. The molecule has 3 aromatic rings. The van der Waals surface area contributed by atoms with E-state index in [1.54, 1.807) is 43.3 Å². The highest BCUT2D eigenvalue weighted by atomic mass is 32.2. The van der Waals surface area contributed by atoms with Crippen molar-refractivity contribution in [3.8, 4) is 0 Å². The predicted molar refractivity (Wildman–Crippen MR) is 112 cm³/mol. The fraction of sp³-hybridized carbons (Fsp3) is 0.136. The van der Waals surface area contributed by atoms with Gasteiger partial charge in [-0.15, -0.1) is 0 Å². The fourth-order valence-corrected chi connectivity index (χ4v) is 4.38. The standard InChI is InChI=1S/C22H22N2O3S/c1-2-24(20-11-7-4-8-12-20)28(26,27)21-15-13-19(14-16-21)23-22(25)17-18-9-5-3-6-10-18/h3-16H,2,17H2,1H3,(H,23,25). The molecule has 6 heteroatoms. The van der Waals surface area contributed by atoms with Crippen molar-refractivity contribution in [1.82, 2.24) is 0 Å². The van der Waals surface area contributed by atoms with Crippen molar-refractivity contribution < 1.29 is 13.2 Å². The molecule has 0 unspecified atom stereocenters. The molecular formula is C22H22N2O3S. The van der Waals surface area contributed by atoms with E-state index in [4.69, 9.17) is 0 Å². The quantitative estimate of drug-likeness (QED) is 0.657. The topological polar surface area (TPSA) is 66.5 Å². The molecule has 3 rings (SSSR count). The van der Waals surface area contributed by atoms with Crippen molar-refractivity contribution in [2.45, 2.75) is 18.2 Å². The lowest BCUT2D eigenvalue weighted by Crippen LogP contribution is -2.30. The second-order valence-electron chi connectivity index (χ2n) is 6.24. The lowest BCUT2D eigenvalue weighted by atomic mass is 10.1. The third kappa shape index (κ3) is 4.58. The Morgan fingerprint density at radius 2 is 1.43 bits per heavy atom. The van der Waals surface area contributed by atoms with Crippen molar-refractivity contribution in [2.24, 2.45) is 0 Å². The average molecular weight is 394 g/mol. The van der Waals surface area contributed by atoms with Crippen molar-refractivity contribution in [2.75, 3.05) is 16.2 Å². The van der Waals surface area contributed by atoms with Crippen molar-refractivity contribution >= 4 is 27.3 Å². The molecule has 5 nitrogen and oxygen atoms in total. The van der Waals surface area contributed by atoms with Gasteiger partial charge < -0.3 is 5.32 Å². The first-order valence-corrected chi connectivity index (χ1v) is 10.5. The number of anilines is 2. The summed E-state index contributed by atoms with van der Waals surface area (Å²) in [5.41, 5.74) is 2.09. The number of para-hydroxylation sites is 1. The SMILES string of the molecule is CCN(c1ccccc1)S(=O)(=O)c1ccc(NC(=O)Cc2ccccc2)cc1. The van der Waals surface area contributed by atoms with Gasteiger partial charge >= 0.3 is 0 Å². The number of sulfonamides is 1. The van der Waals surface area contributed by atoms with Crippen LogP contribution in [0.5, 0.6) is 0 Å². The summed E-state index contributed by atoms with van der Waals surface area (Å²) in [5, 5.41) is 2.80. The molecular weight excluding hydrogens is 372 g/mol. The fourth-order valence-electron chi connectivity index (χ4n) is 2.91. The van der Waals surface area contributed by atoms with E-state index >= 15 is 0 Å². The molecule has 0 aliphatic heterocycles. The van der Waals surface area contributed by atoms with Gasteiger partial charge in [0.2, 0.25) is 5.91 Å². The maximum Gasteiger partial charge on any atom is 0.264 e. The summed E-state index contributed by atoms with van der Waals surface area (Å²) in [6.07, 6.45) is 0.262. The Labute approximate surface area is 165 Å². The summed E-state index contributed by atoms with van der Waals surface area (Å²) in [4.78, 5) is 12.3. The minimum absolute atomic E-state index is 0.152. The monoisotopic (exact) mass is 394 g/mol. The Kier molecular flexibility index (Phi) is 6.11. The lowest BCUT2D eigenvalue weighted by molar-refractivity contribution is -0.115. The minimum Gasteiger partial charge on any atom is -0.326 e. The predicted octanol–water partition coefficient (Wildman–Crippen LogP) is 4.08. The van der Waals surface area contributed by atoms with E-state index in [1.165, 1.54) is 16.4 Å². The van der Waals surface area contributed by atoms with E-state index in [9.17, 15) is 13.2 Å². The van der Waals surface area contributed by atoms with Crippen LogP contribution >= 0.6 is 0 Å². The number of rotatable bonds is 7. The summed E-state index contributed by atoms with van der Waals surface area (Å²) >= 11 is 0. The molecule has 28 heavy (non-hydrogen) atoms. The molecule has 0 saturated carbocycles. The van der Waals surface area contributed by atoms with Crippen molar-refractivity contribution in [1.29, 1.82) is 0 Å². The van der Waals surface area contributed by atoms with Crippen LogP contribution in [-0.4, -0.2) is 20.9 Å². The van der Waals surface area contributed by atoms with Gasteiger partial charge in [-0.25, -0.2) is 8.42 Å². The largest absolute Gasteiger partial charge is 0.326 e. The summed E-state index contributed by atoms with van der Waals surface area (Å²) in [6.45, 7) is 2.12. The number of nitrogens with one attached hydrogen (secondary N) is 1. The van der Waals surface area contributed by atoms with E-state index in [1.807, 2.05) is 36.4 Å². The van der Waals surface area contributed by atoms with Crippen LogP contribution in [0.15, 0.2) is 89.8 Å². The first-order chi connectivity index (χ1) is 13.5. The third-order valence-corrected chi connectivity index (χ3v) is 6.18. The van der Waals surface area contributed by atoms with Gasteiger partial charge in [-0.1, -0.05) is 48.5 Å². The molecule has 1 amide bonds. The molecule has 0 bridgehead atoms. The molecule has 144 valence electrons. The zero-order valence-electron chi connectivity index (χ0n) is 15.6. The van der Waals surface area contributed by atoms with Gasteiger partial charge in [-0.3, -0.25) is 9.10 Å². The van der Waals surface area contributed by atoms with Crippen LogP contribution in [0.2, 0.25) is 0 Å². The van der Waals surface area contributed by atoms with E-state index in [-0.39, 0.29) is 17.2 Å². The number of hydrogen-bond donors (Lipinski definition) is 1.